The third-order valence-electron chi connectivity index (χ3n) is 2.87. The van der Waals surface area contributed by atoms with Crippen molar-refractivity contribution >= 4 is 22.9 Å². The Kier molecular flexibility index (Phi) is 2.02. The zero-order chi connectivity index (χ0) is 12.9. The maximum Gasteiger partial charge on any atom is 0.335 e. The molecule has 1 aromatic carbocycles. The molecule has 0 atom stereocenters. The molecule has 1 aromatic heterocycles. The van der Waals surface area contributed by atoms with E-state index >= 15 is 0 Å². The lowest BCUT2D eigenvalue weighted by Crippen LogP contribution is -2.31. The highest BCUT2D eigenvalue weighted by atomic mass is 16.5. The van der Waals surface area contributed by atoms with Gasteiger partial charge in [0.25, 0.3) is 0 Å². The molecule has 1 aliphatic rings. The fraction of sp³-hybridized carbons (Fsp3) is 0.231. The van der Waals surface area contributed by atoms with Crippen molar-refractivity contribution in [3.05, 3.63) is 36.2 Å². The Morgan fingerprint density at radius 1 is 1.44 bits per heavy atom. The zero-order valence-corrected chi connectivity index (χ0v) is 10.0. The van der Waals surface area contributed by atoms with Gasteiger partial charge in [-0.3, -0.25) is 4.57 Å². The monoisotopic (exact) mass is 244 g/mol. The molecule has 1 N–H and O–H groups in total. The lowest BCUT2D eigenvalue weighted by Gasteiger charge is -2.34. The van der Waals surface area contributed by atoms with E-state index < -0.39 is 5.97 Å². The summed E-state index contributed by atoms with van der Waals surface area (Å²) in [6.07, 6.45) is 3.64. The van der Waals surface area contributed by atoms with Gasteiger partial charge in [0.1, 0.15) is 11.9 Å². The number of aromatic carboxylic acids is 1. The molecule has 0 fully saturated rings. The van der Waals surface area contributed by atoms with Crippen LogP contribution in [0.5, 0.6) is 0 Å². The van der Waals surface area contributed by atoms with Crippen LogP contribution in [0.15, 0.2) is 30.6 Å². The van der Waals surface area contributed by atoms with Crippen LogP contribution in [0.25, 0.3) is 16.9 Å². The average molecular weight is 244 g/mol. The second-order valence-corrected chi connectivity index (χ2v) is 4.81. The third kappa shape index (κ3) is 1.55. The number of hydrogen-bond acceptors (Lipinski definition) is 3. The molecule has 0 unspecified atom stereocenters. The number of rotatable bonds is 2. The first-order valence-corrected chi connectivity index (χ1v) is 5.59. The van der Waals surface area contributed by atoms with Crippen LogP contribution in [0.1, 0.15) is 24.2 Å². The topological polar surface area (TPSA) is 64.4 Å². The Labute approximate surface area is 103 Å². The van der Waals surface area contributed by atoms with Crippen LogP contribution in [0.2, 0.25) is 0 Å². The summed E-state index contributed by atoms with van der Waals surface area (Å²) in [5.74, 6) is -0.225. The van der Waals surface area contributed by atoms with Crippen molar-refractivity contribution in [2.45, 2.75) is 19.4 Å². The van der Waals surface area contributed by atoms with Crippen LogP contribution in [0.4, 0.5) is 0 Å². The Balaban J connectivity index is 2.09. The Morgan fingerprint density at radius 3 is 2.78 bits per heavy atom. The molecule has 3 rings (SSSR count). The summed E-state index contributed by atoms with van der Waals surface area (Å²) in [6.45, 7) is 3.94. The second-order valence-electron chi connectivity index (χ2n) is 4.81. The van der Waals surface area contributed by atoms with Crippen LogP contribution in [-0.2, 0) is 4.74 Å². The molecule has 18 heavy (non-hydrogen) atoms. The summed E-state index contributed by atoms with van der Waals surface area (Å²) in [6, 6.07) is 4.85. The van der Waals surface area contributed by atoms with Gasteiger partial charge in [0.15, 0.2) is 5.88 Å². The molecule has 2 aromatic rings. The number of benzene rings is 1. The van der Waals surface area contributed by atoms with Gasteiger partial charge in [0.2, 0.25) is 0 Å². The molecular weight excluding hydrogens is 232 g/mol. The van der Waals surface area contributed by atoms with Gasteiger partial charge in [-0.1, -0.05) is 0 Å². The number of carboxylic acid groups (broad SMARTS) is 1. The Morgan fingerprint density at radius 2 is 2.17 bits per heavy atom. The molecule has 92 valence electrons. The smallest absolute Gasteiger partial charge is 0.335 e. The second kappa shape index (κ2) is 3.35. The summed E-state index contributed by atoms with van der Waals surface area (Å²) >= 11 is 0. The molecule has 2 heterocycles. The number of nitrogens with zero attached hydrogens (tertiary/aromatic N) is 2. The van der Waals surface area contributed by atoms with Crippen molar-refractivity contribution in [2.24, 2.45) is 0 Å². The highest BCUT2D eigenvalue weighted by Gasteiger charge is 2.30. The number of aromatic nitrogens is 2. The predicted molar refractivity (Wildman–Crippen MR) is 66.1 cm³/mol. The molecule has 1 aliphatic heterocycles. The van der Waals surface area contributed by atoms with E-state index in [4.69, 9.17) is 9.84 Å². The Hall–Kier alpha value is -2.30. The fourth-order valence-corrected chi connectivity index (χ4v) is 2.01. The van der Waals surface area contributed by atoms with Gasteiger partial charge in [0, 0.05) is 6.08 Å². The number of ether oxygens (including phenoxy) is 1. The standard InChI is InChI=1S/C13H12N2O3/c1-13(2)6-11(18-13)15-7-14-9-5-8(12(16)17)3-4-10(9)15/h3-7H,1-2H3,(H,16,17). The quantitative estimate of drug-likeness (QED) is 0.880. The van der Waals surface area contributed by atoms with Crippen molar-refractivity contribution in [3.8, 4) is 0 Å². The van der Waals surface area contributed by atoms with Gasteiger partial charge in [-0.15, -0.1) is 0 Å². The van der Waals surface area contributed by atoms with E-state index in [1.807, 2.05) is 24.5 Å². The molecule has 0 bridgehead atoms. The first-order chi connectivity index (χ1) is 8.46. The third-order valence-corrected chi connectivity index (χ3v) is 2.87. The van der Waals surface area contributed by atoms with Crippen molar-refractivity contribution in [1.29, 1.82) is 0 Å². The molecule has 0 aliphatic carbocycles. The summed E-state index contributed by atoms with van der Waals surface area (Å²) in [7, 11) is 0. The molecule has 5 heteroatoms. The summed E-state index contributed by atoms with van der Waals surface area (Å²) in [5.41, 5.74) is 1.47. The van der Waals surface area contributed by atoms with Crippen molar-refractivity contribution < 1.29 is 14.6 Å². The highest BCUT2D eigenvalue weighted by Crippen LogP contribution is 2.33. The molecule has 0 spiro atoms. The fourth-order valence-electron chi connectivity index (χ4n) is 2.01. The van der Waals surface area contributed by atoms with Gasteiger partial charge in [0.05, 0.1) is 16.6 Å². The van der Waals surface area contributed by atoms with Gasteiger partial charge >= 0.3 is 5.97 Å². The molecule has 0 saturated carbocycles. The minimum atomic E-state index is -0.952. The SMILES string of the molecule is CC1(C)C=C(n2cnc3cc(C(=O)O)ccc32)O1. The maximum absolute atomic E-state index is 10.9. The molecular formula is C13H12N2O3. The Bertz CT molecular complexity index is 683. The van der Waals surface area contributed by atoms with Crippen LogP contribution in [-0.4, -0.2) is 26.2 Å². The van der Waals surface area contributed by atoms with E-state index in [9.17, 15) is 4.79 Å². The van der Waals surface area contributed by atoms with Gasteiger partial charge < -0.3 is 9.84 Å². The average Bonchev–Trinajstić information content (AvgIpc) is 2.67. The first kappa shape index (κ1) is 10.8. The van der Waals surface area contributed by atoms with Crippen molar-refractivity contribution in [3.63, 3.8) is 0 Å². The zero-order valence-electron chi connectivity index (χ0n) is 10.0. The summed E-state index contributed by atoms with van der Waals surface area (Å²) < 4.78 is 7.44. The number of imidazole rings is 1. The summed E-state index contributed by atoms with van der Waals surface area (Å²) in [4.78, 5) is 15.1. The predicted octanol–water partition coefficient (Wildman–Crippen LogP) is 2.34. The molecule has 5 nitrogen and oxygen atoms in total. The van der Waals surface area contributed by atoms with E-state index in [2.05, 4.69) is 4.98 Å². The van der Waals surface area contributed by atoms with Crippen LogP contribution < -0.4 is 0 Å². The van der Waals surface area contributed by atoms with Crippen molar-refractivity contribution in [2.75, 3.05) is 0 Å². The largest absolute Gasteiger partial charge is 0.478 e. The van der Waals surface area contributed by atoms with Crippen LogP contribution >= 0.6 is 0 Å². The lowest BCUT2D eigenvalue weighted by molar-refractivity contribution is 0.0696. The number of carbonyl (C=O) groups is 1. The maximum atomic E-state index is 10.9. The molecule has 0 saturated heterocycles. The van der Waals surface area contributed by atoms with E-state index in [-0.39, 0.29) is 11.2 Å². The number of hydrogen-bond donors (Lipinski definition) is 1. The van der Waals surface area contributed by atoms with Gasteiger partial charge in [-0.05, 0) is 32.0 Å². The summed E-state index contributed by atoms with van der Waals surface area (Å²) in [5, 5.41) is 8.92. The molecule has 0 radical (unpaired) electrons. The first-order valence-electron chi connectivity index (χ1n) is 5.59. The van der Waals surface area contributed by atoms with E-state index in [1.54, 1.807) is 24.5 Å². The lowest BCUT2D eigenvalue weighted by atomic mass is 10.1. The normalized spacial score (nSPS) is 16.9. The minimum absolute atomic E-state index is 0.233. The van der Waals surface area contributed by atoms with Crippen molar-refractivity contribution in [1.82, 2.24) is 9.55 Å². The number of carboxylic acids is 1. The molecule has 0 amide bonds. The van der Waals surface area contributed by atoms with Gasteiger partial charge in [-0.25, -0.2) is 9.78 Å². The van der Waals surface area contributed by atoms with Crippen LogP contribution in [0.3, 0.4) is 0 Å². The number of fused-ring (bicyclic) bond motifs is 1. The van der Waals surface area contributed by atoms with E-state index in [1.165, 1.54) is 0 Å². The highest BCUT2D eigenvalue weighted by molar-refractivity contribution is 5.92. The van der Waals surface area contributed by atoms with E-state index in [0.717, 1.165) is 11.4 Å². The van der Waals surface area contributed by atoms with Crippen LogP contribution in [0, 0.1) is 0 Å². The minimum Gasteiger partial charge on any atom is -0.478 e. The van der Waals surface area contributed by atoms with E-state index in [0.29, 0.717) is 5.52 Å². The van der Waals surface area contributed by atoms with Gasteiger partial charge in [-0.2, -0.15) is 0 Å².